The zero-order valence-corrected chi connectivity index (χ0v) is 13.6. The van der Waals surface area contributed by atoms with Gasteiger partial charge in [0.25, 0.3) is 0 Å². The van der Waals surface area contributed by atoms with E-state index in [4.69, 9.17) is 4.98 Å². The predicted octanol–water partition coefficient (Wildman–Crippen LogP) is 2.51. The second kappa shape index (κ2) is 5.71. The molecule has 0 bridgehead atoms. The van der Waals surface area contributed by atoms with Gasteiger partial charge in [-0.3, -0.25) is 0 Å². The second-order valence-electron chi connectivity index (χ2n) is 5.85. The van der Waals surface area contributed by atoms with Crippen molar-refractivity contribution in [2.24, 2.45) is 0 Å². The zero-order valence-electron chi connectivity index (χ0n) is 12.8. The highest BCUT2D eigenvalue weighted by atomic mass is 32.2. The van der Waals surface area contributed by atoms with E-state index in [0.29, 0.717) is 10.7 Å². The summed E-state index contributed by atoms with van der Waals surface area (Å²) in [4.78, 5) is 19.0. The lowest BCUT2D eigenvalue weighted by Crippen LogP contribution is -2.28. The minimum atomic E-state index is 0.333. The molecule has 2 aromatic heterocycles. The molecule has 2 aromatic rings. The smallest absolute Gasteiger partial charge is 0.226 e. The molecule has 0 unspecified atom stereocenters. The first kappa shape index (κ1) is 14.4. The molecule has 114 valence electrons. The number of fused-ring (bicyclic) bond motifs is 1. The van der Waals surface area contributed by atoms with Gasteiger partial charge in [-0.25, -0.2) is 4.98 Å². The summed E-state index contributed by atoms with van der Waals surface area (Å²) in [5.41, 5.74) is 1.66. The van der Waals surface area contributed by atoms with Crippen LogP contribution >= 0.6 is 11.8 Å². The van der Waals surface area contributed by atoms with Crippen LogP contribution in [0.5, 0.6) is 0 Å². The van der Waals surface area contributed by atoms with E-state index in [9.17, 15) is 0 Å². The number of aromatic amines is 1. The molecule has 6 nitrogen and oxygen atoms in total. The molecule has 0 radical (unpaired) electrons. The Morgan fingerprint density at radius 1 is 1.38 bits per heavy atom. The minimum absolute atomic E-state index is 0.333. The average Bonchev–Trinajstić information content (AvgIpc) is 2.83. The number of hydrogen-bond donors (Lipinski definition) is 2. The molecule has 3 rings (SSSR count). The highest BCUT2D eigenvalue weighted by Gasteiger charge is 2.26. The van der Waals surface area contributed by atoms with Gasteiger partial charge in [0.2, 0.25) is 5.95 Å². The van der Waals surface area contributed by atoms with Crippen molar-refractivity contribution in [2.45, 2.75) is 31.9 Å². The summed E-state index contributed by atoms with van der Waals surface area (Å²) >= 11 is 2.04. The minimum Gasteiger partial charge on any atom is -0.354 e. The molecule has 0 atom stereocenters. The molecule has 1 aliphatic rings. The summed E-state index contributed by atoms with van der Waals surface area (Å²) in [5.74, 6) is 2.73. The molecular formula is C14H22N6S. The number of nitrogens with one attached hydrogen (secondary N) is 2. The van der Waals surface area contributed by atoms with Gasteiger partial charge in [0.1, 0.15) is 5.52 Å². The average molecular weight is 306 g/mol. The van der Waals surface area contributed by atoms with Crippen LogP contribution in [-0.2, 0) is 0 Å². The Hall–Kier alpha value is -1.50. The van der Waals surface area contributed by atoms with Crippen molar-refractivity contribution in [1.29, 1.82) is 0 Å². The summed E-state index contributed by atoms with van der Waals surface area (Å²) in [6, 6.07) is 0. The lowest BCUT2D eigenvalue weighted by molar-refractivity contribution is 0.635. The van der Waals surface area contributed by atoms with E-state index in [1.54, 1.807) is 6.33 Å². The van der Waals surface area contributed by atoms with E-state index < -0.39 is 0 Å². The van der Waals surface area contributed by atoms with Crippen molar-refractivity contribution in [3.63, 3.8) is 0 Å². The number of anilines is 2. The quantitative estimate of drug-likeness (QED) is 0.908. The topological polar surface area (TPSA) is 69.7 Å². The molecule has 0 spiro atoms. The number of aromatic nitrogens is 4. The molecule has 3 heterocycles. The molecule has 0 saturated carbocycles. The van der Waals surface area contributed by atoms with Crippen molar-refractivity contribution in [3.05, 3.63) is 6.33 Å². The molecule has 0 aromatic carbocycles. The summed E-state index contributed by atoms with van der Waals surface area (Å²) in [6.07, 6.45) is 2.84. The zero-order chi connectivity index (χ0) is 14.9. The number of nitrogens with zero attached hydrogens (tertiary/aromatic N) is 4. The van der Waals surface area contributed by atoms with E-state index in [2.05, 4.69) is 39.0 Å². The molecule has 1 aliphatic heterocycles. The standard InChI is InChI=1S/C14H22N6S/c1-4-15-13-18-11-10(16-9-17-11)12(19-13)20-6-5-14(2,3)21-8-7-20/h9H,4-8H2,1-3H3,(H2,15,16,17,18,19). The number of thioether (sulfide) groups is 1. The van der Waals surface area contributed by atoms with Gasteiger partial charge in [-0.15, -0.1) is 0 Å². The summed E-state index contributed by atoms with van der Waals surface area (Å²) in [7, 11) is 0. The third kappa shape index (κ3) is 3.07. The fraction of sp³-hybridized carbons (Fsp3) is 0.643. The number of imidazole rings is 1. The molecule has 1 saturated heterocycles. The Morgan fingerprint density at radius 2 is 2.24 bits per heavy atom. The van der Waals surface area contributed by atoms with Gasteiger partial charge in [0, 0.05) is 30.1 Å². The van der Waals surface area contributed by atoms with Crippen LogP contribution in [0.2, 0.25) is 0 Å². The van der Waals surface area contributed by atoms with Crippen LogP contribution in [0.25, 0.3) is 11.2 Å². The first-order valence-corrected chi connectivity index (χ1v) is 8.41. The maximum atomic E-state index is 4.70. The van der Waals surface area contributed by atoms with E-state index in [0.717, 1.165) is 48.8 Å². The monoisotopic (exact) mass is 306 g/mol. The van der Waals surface area contributed by atoms with Gasteiger partial charge in [-0.1, -0.05) is 13.8 Å². The third-order valence-electron chi connectivity index (χ3n) is 3.74. The predicted molar refractivity (Wildman–Crippen MR) is 89.2 cm³/mol. The van der Waals surface area contributed by atoms with Crippen LogP contribution < -0.4 is 10.2 Å². The molecular weight excluding hydrogens is 284 g/mol. The lowest BCUT2D eigenvalue weighted by atomic mass is 10.1. The summed E-state index contributed by atoms with van der Waals surface area (Å²) in [5, 5.41) is 3.19. The Bertz CT molecular complexity index is 623. The Balaban J connectivity index is 1.96. The molecule has 0 amide bonds. The normalized spacial score (nSPS) is 18.7. The lowest BCUT2D eigenvalue weighted by Gasteiger charge is -2.24. The maximum Gasteiger partial charge on any atom is 0.226 e. The Labute approximate surface area is 129 Å². The van der Waals surface area contributed by atoms with Crippen molar-refractivity contribution in [3.8, 4) is 0 Å². The molecule has 21 heavy (non-hydrogen) atoms. The number of hydrogen-bond acceptors (Lipinski definition) is 6. The molecule has 7 heteroatoms. The van der Waals surface area contributed by atoms with Crippen LogP contribution in [0.1, 0.15) is 27.2 Å². The van der Waals surface area contributed by atoms with E-state index in [1.807, 2.05) is 18.7 Å². The van der Waals surface area contributed by atoms with Crippen molar-refractivity contribution in [1.82, 2.24) is 19.9 Å². The molecule has 1 fully saturated rings. The molecule has 2 N–H and O–H groups in total. The van der Waals surface area contributed by atoms with Gasteiger partial charge >= 0.3 is 0 Å². The van der Waals surface area contributed by atoms with E-state index in [1.165, 1.54) is 0 Å². The molecule has 0 aliphatic carbocycles. The van der Waals surface area contributed by atoms with Crippen molar-refractivity contribution in [2.75, 3.05) is 35.6 Å². The van der Waals surface area contributed by atoms with E-state index in [-0.39, 0.29) is 0 Å². The maximum absolute atomic E-state index is 4.70. The highest BCUT2D eigenvalue weighted by Crippen LogP contribution is 2.33. The Kier molecular flexibility index (Phi) is 3.93. The van der Waals surface area contributed by atoms with Gasteiger partial charge in [0.15, 0.2) is 11.5 Å². The van der Waals surface area contributed by atoms with Gasteiger partial charge in [-0.05, 0) is 13.3 Å². The van der Waals surface area contributed by atoms with Crippen LogP contribution in [0.15, 0.2) is 6.33 Å². The first-order chi connectivity index (χ1) is 10.1. The summed E-state index contributed by atoms with van der Waals surface area (Å²) in [6.45, 7) is 9.50. The largest absolute Gasteiger partial charge is 0.354 e. The van der Waals surface area contributed by atoms with Gasteiger partial charge < -0.3 is 15.2 Å². The third-order valence-corrected chi connectivity index (χ3v) is 5.11. The number of rotatable bonds is 3. The van der Waals surface area contributed by atoms with Crippen molar-refractivity contribution >= 4 is 34.7 Å². The van der Waals surface area contributed by atoms with Gasteiger partial charge in [-0.2, -0.15) is 21.7 Å². The fourth-order valence-corrected chi connectivity index (χ4v) is 3.62. The highest BCUT2D eigenvalue weighted by molar-refractivity contribution is 8.00. The first-order valence-electron chi connectivity index (χ1n) is 7.43. The summed E-state index contributed by atoms with van der Waals surface area (Å²) < 4.78 is 0.333. The van der Waals surface area contributed by atoms with Crippen LogP contribution in [0.3, 0.4) is 0 Å². The Morgan fingerprint density at radius 3 is 3.05 bits per heavy atom. The van der Waals surface area contributed by atoms with E-state index >= 15 is 0 Å². The van der Waals surface area contributed by atoms with Crippen molar-refractivity contribution < 1.29 is 0 Å². The fourth-order valence-electron chi connectivity index (χ4n) is 2.52. The second-order valence-corrected chi connectivity index (χ2v) is 7.65. The SMILES string of the molecule is CCNc1nc(N2CCSC(C)(C)CC2)c2[nH]cnc2n1. The van der Waals surface area contributed by atoms with Crippen LogP contribution in [0.4, 0.5) is 11.8 Å². The van der Waals surface area contributed by atoms with Crippen LogP contribution in [-0.4, -0.2) is 50.1 Å². The van der Waals surface area contributed by atoms with Crippen LogP contribution in [0, 0.1) is 0 Å². The number of H-pyrrole nitrogens is 1. The van der Waals surface area contributed by atoms with Gasteiger partial charge in [0.05, 0.1) is 6.33 Å².